The molecule has 1 heterocycles. The Morgan fingerprint density at radius 2 is 2.08 bits per heavy atom. The van der Waals surface area contributed by atoms with E-state index in [2.05, 4.69) is 0 Å². The number of hydrogen-bond donors (Lipinski definition) is 1. The third kappa shape index (κ3) is 3.53. The fourth-order valence-electron chi connectivity index (χ4n) is 2.84. The zero-order valence-electron chi connectivity index (χ0n) is 14.2. The van der Waals surface area contributed by atoms with Crippen LogP contribution in [-0.2, 0) is 19.6 Å². The summed E-state index contributed by atoms with van der Waals surface area (Å²) >= 11 is 0. The number of carbonyl (C=O) groups excluding carboxylic acids is 1. The highest BCUT2D eigenvalue weighted by Crippen LogP contribution is 2.31. The molecule has 1 aromatic carbocycles. The predicted molar refractivity (Wildman–Crippen MR) is 88.3 cm³/mol. The molecular weight excluding hydrogens is 368 g/mol. The van der Waals surface area contributed by atoms with Crippen molar-refractivity contribution >= 4 is 27.6 Å². The van der Waals surface area contributed by atoms with Crippen LogP contribution in [0.4, 0.5) is 5.69 Å². The molecule has 0 aromatic heterocycles. The monoisotopic (exact) mass is 386 g/mol. The predicted octanol–water partition coefficient (Wildman–Crippen LogP) is 1.32. The first-order valence-electron chi connectivity index (χ1n) is 7.82. The number of hydrogen-bond acceptors (Lipinski definition) is 7. The highest BCUT2D eigenvalue weighted by Gasteiger charge is 2.40. The molecule has 0 aliphatic carbocycles. The number of benzene rings is 1. The number of nitro groups is 1. The molecule has 1 aliphatic rings. The first kappa shape index (κ1) is 19.8. The van der Waals surface area contributed by atoms with Gasteiger partial charge in [0.1, 0.15) is 6.04 Å². The normalized spacial score (nSPS) is 17.8. The van der Waals surface area contributed by atoms with Crippen LogP contribution in [0.5, 0.6) is 0 Å². The number of ether oxygens (including phenoxy) is 1. The third-order valence-corrected chi connectivity index (χ3v) is 6.03. The van der Waals surface area contributed by atoms with Gasteiger partial charge in [-0.25, -0.2) is 13.2 Å². The smallest absolute Gasteiger partial charge is 0.338 e. The Labute approximate surface area is 149 Å². The highest BCUT2D eigenvalue weighted by molar-refractivity contribution is 7.89. The molecule has 0 radical (unpaired) electrons. The molecule has 1 N–H and O–H groups in total. The topological polar surface area (TPSA) is 144 Å². The lowest BCUT2D eigenvalue weighted by atomic mass is 10.1. The fourth-order valence-corrected chi connectivity index (χ4v) is 4.54. The summed E-state index contributed by atoms with van der Waals surface area (Å²) in [5.41, 5.74) is -0.825. The van der Waals surface area contributed by atoms with Crippen molar-refractivity contribution < 1.29 is 32.8 Å². The van der Waals surface area contributed by atoms with E-state index in [0.717, 1.165) is 16.4 Å². The van der Waals surface area contributed by atoms with E-state index >= 15 is 0 Å². The number of aliphatic carboxylic acids is 1. The van der Waals surface area contributed by atoms with Gasteiger partial charge in [0.2, 0.25) is 10.0 Å². The molecular formula is C15H18N2O8S. The lowest BCUT2D eigenvalue weighted by molar-refractivity contribution is -0.385. The summed E-state index contributed by atoms with van der Waals surface area (Å²) in [6, 6.07) is 0.587. The van der Waals surface area contributed by atoms with Gasteiger partial charge in [0.25, 0.3) is 5.69 Å². The average Bonchev–Trinajstić information content (AvgIpc) is 3.05. The minimum absolute atomic E-state index is 0.0102. The van der Waals surface area contributed by atoms with Crippen molar-refractivity contribution in [1.82, 2.24) is 4.31 Å². The van der Waals surface area contributed by atoms with E-state index < -0.39 is 43.5 Å². The number of carboxylic acid groups (broad SMARTS) is 1. The molecule has 0 spiro atoms. The molecule has 0 unspecified atom stereocenters. The number of nitrogens with zero attached hydrogens (tertiary/aromatic N) is 2. The molecule has 0 saturated carbocycles. The van der Waals surface area contributed by atoms with Crippen molar-refractivity contribution in [3.8, 4) is 0 Å². The standard InChI is InChI=1S/C15H18N2O8S/c1-3-25-15(20)11-7-10(8-13(9(11)2)17(21)22)26(23,24)16-6-4-5-12(16)14(18)19/h7-8,12H,3-6H2,1-2H3,(H,18,19)/t12-/m0/s1. The van der Waals surface area contributed by atoms with E-state index in [4.69, 9.17) is 4.74 Å². The molecule has 1 atom stereocenters. The van der Waals surface area contributed by atoms with Gasteiger partial charge in [-0.15, -0.1) is 0 Å². The Kier molecular flexibility index (Phi) is 5.62. The summed E-state index contributed by atoms with van der Waals surface area (Å²) in [4.78, 5) is 33.3. The summed E-state index contributed by atoms with van der Waals surface area (Å²) < 4.78 is 31.3. The number of carbonyl (C=O) groups is 2. The van der Waals surface area contributed by atoms with Gasteiger partial charge in [-0.05, 0) is 32.8 Å². The van der Waals surface area contributed by atoms with Crippen LogP contribution in [0, 0.1) is 17.0 Å². The largest absolute Gasteiger partial charge is 0.480 e. The van der Waals surface area contributed by atoms with Crippen molar-refractivity contribution in [3.63, 3.8) is 0 Å². The number of nitro benzene ring substituents is 1. The van der Waals surface area contributed by atoms with E-state index in [1.165, 1.54) is 6.92 Å². The number of rotatable bonds is 6. The number of carboxylic acids is 1. The van der Waals surface area contributed by atoms with Crippen LogP contribution >= 0.6 is 0 Å². The van der Waals surface area contributed by atoms with Crippen molar-refractivity contribution in [1.29, 1.82) is 0 Å². The van der Waals surface area contributed by atoms with Gasteiger partial charge in [0.05, 0.1) is 22.0 Å². The van der Waals surface area contributed by atoms with E-state index in [0.29, 0.717) is 6.42 Å². The first-order chi connectivity index (χ1) is 12.1. The van der Waals surface area contributed by atoms with E-state index in [-0.39, 0.29) is 30.7 Å². The second-order valence-corrected chi connectivity index (χ2v) is 7.60. The zero-order chi connectivity index (χ0) is 19.6. The van der Waals surface area contributed by atoms with E-state index in [1.54, 1.807) is 6.92 Å². The number of esters is 1. The molecule has 1 saturated heterocycles. The van der Waals surface area contributed by atoms with Gasteiger partial charge >= 0.3 is 11.9 Å². The van der Waals surface area contributed by atoms with Crippen molar-refractivity contribution in [2.75, 3.05) is 13.2 Å². The average molecular weight is 386 g/mol. The molecule has 1 aliphatic heterocycles. The molecule has 0 amide bonds. The second kappa shape index (κ2) is 7.38. The molecule has 0 bridgehead atoms. The molecule has 1 fully saturated rings. The Hall–Kier alpha value is -2.53. The SMILES string of the molecule is CCOC(=O)c1cc(S(=O)(=O)N2CCC[C@H]2C(=O)O)cc([N+](=O)[O-])c1C. The van der Waals surface area contributed by atoms with Gasteiger partial charge in [-0.1, -0.05) is 0 Å². The maximum atomic E-state index is 12.9. The van der Waals surface area contributed by atoms with Crippen LogP contribution in [0.2, 0.25) is 0 Å². The molecule has 26 heavy (non-hydrogen) atoms. The Balaban J connectivity index is 2.63. The summed E-state index contributed by atoms with van der Waals surface area (Å²) in [7, 11) is -4.34. The number of sulfonamides is 1. The Morgan fingerprint density at radius 3 is 2.62 bits per heavy atom. The molecule has 142 valence electrons. The van der Waals surface area contributed by atoms with Crippen LogP contribution in [0.3, 0.4) is 0 Å². The van der Waals surface area contributed by atoms with Gasteiger partial charge in [0.15, 0.2) is 0 Å². The molecule has 1 aromatic rings. The summed E-state index contributed by atoms with van der Waals surface area (Å²) in [5, 5.41) is 20.5. The van der Waals surface area contributed by atoms with Crippen LogP contribution in [0.25, 0.3) is 0 Å². The van der Waals surface area contributed by atoms with E-state index in [1.807, 2.05) is 0 Å². The van der Waals surface area contributed by atoms with Gasteiger partial charge in [-0.3, -0.25) is 14.9 Å². The first-order valence-corrected chi connectivity index (χ1v) is 9.26. The molecule has 2 rings (SSSR count). The van der Waals surface area contributed by atoms with Crippen molar-refractivity contribution in [3.05, 3.63) is 33.4 Å². The maximum Gasteiger partial charge on any atom is 0.338 e. The summed E-state index contributed by atoms with van der Waals surface area (Å²) in [5.74, 6) is -2.18. The lowest BCUT2D eigenvalue weighted by Crippen LogP contribution is -2.40. The quantitative estimate of drug-likeness (QED) is 0.438. The van der Waals surface area contributed by atoms with Crippen LogP contribution in [0.1, 0.15) is 35.7 Å². The van der Waals surface area contributed by atoms with Crippen LogP contribution < -0.4 is 0 Å². The zero-order valence-corrected chi connectivity index (χ0v) is 15.0. The van der Waals surface area contributed by atoms with Crippen LogP contribution in [0.15, 0.2) is 17.0 Å². The molecule has 10 nitrogen and oxygen atoms in total. The second-order valence-electron chi connectivity index (χ2n) is 5.70. The van der Waals surface area contributed by atoms with Crippen LogP contribution in [-0.4, -0.2) is 53.9 Å². The lowest BCUT2D eigenvalue weighted by Gasteiger charge is -2.21. The summed E-state index contributed by atoms with van der Waals surface area (Å²) in [6.45, 7) is 2.85. The minimum Gasteiger partial charge on any atom is -0.480 e. The van der Waals surface area contributed by atoms with Crippen molar-refractivity contribution in [2.24, 2.45) is 0 Å². The van der Waals surface area contributed by atoms with Crippen molar-refractivity contribution in [2.45, 2.75) is 37.6 Å². The molecule has 11 heteroatoms. The Bertz CT molecular complexity index is 865. The van der Waals surface area contributed by atoms with Gasteiger partial charge < -0.3 is 9.84 Å². The van der Waals surface area contributed by atoms with Gasteiger partial charge in [0, 0.05) is 18.2 Å². The highest BCUT2D eigenvalue weighted by atomic mass is 32.2. The third-order valence-electron chi connectivity index (χ3n) is 4.14. The van der Waals surface area contributed by atoms with E-state index in [9.17, 15) is 33.2 Å². The minimum atomic E-state index is -4.34. The summed E-state index contributed by atoms with van der Waals surface area (Å²) in [6.07, 6.45) is 0.502. The maximum absolute atomic E-state index is 12.9. The van der Waals surface area contributed by atoms with Gasteiger partial charge in [-0.2, -0.15) is 4.31 Å². The Morgan fingerprint density at radius 1 is 1.42 bits per heavy atom. The fraction of sp³-hybridized carbons (Fsp3) is 0.467.